The minimum Gasteiger partial charge on any atom is -0.399 e. The van der Waals surface area contributed by atoms with Crippen molar-refractivity contribution in [3.05, 3.63) is 23.2 Å². The quantitative estimate of drug-likeness (QED) is 0.815. The lowest BCUT2D eigenvalue weighted by atomic mass is 9.93. The molecule has 94 valence electrons. The maximum absolute atomic E-state index is 6.15. The van der Waals surface area contributed by atoms with Gasteiger partial charge < -0.3 is 15.8 Å². The van der Waals surface area contributed by atoms with Crippen molar-refractivity contribution in [1.29, 1.82) is 0 Å². The number of halogens is 1. The Bertz CT molecular complexity index is 378. The first-order valence-corrected chi connectivity index (χ1v) is 6.44. The van der Waals surface area contributed by atoms with Crippen LogP contribution in [0.15, 0.2) is 18.2 Å². The molecule has 1 saturated heterocycles. The average Bonchev–Trinajstić information content (AvgIpc) is 2.34. The fourth-order valence-corrected chi connectivity index (χ4v) is 2.47. The Kier molecular flexibility index (Phi) is 4.13. The first-order valence-electron chi connectivity index (χ1n) is 6.06. The van der Waals surface area contributed by atoms with Crippen LogP contribution in [-0.4, -0.2) is 19.3 Å². The van der Waals surface area contributed by atoms with E-state index in [0.717, 1.165) is 31.7 Å². The summed E-state index contributed by atoms with van der Waals surface area (Å²) in [5, 5.41) is 4.15. The highest BCUT2D eigenvalue weighted by Gasteiger charge is 2.20. The minimum absolute atomic E-state index is 0.403. The van der Waals surface area contributed by atoms with E-state index >= 15 is 0 Å². The third-order valence-corrected chi connectivity index (χ3v) is 3.66. The number of nitrogens with two attached hydrogens (primary N) is 1. The Balaban J connectivity index is 1.99. The van der Waals surface area contributed by atoms with Gasteiger partial charge in [0.2, 0.25) is 0 Å². The standard InChI is InChI=1S/C13H19ClN2O/c1-9(10-4-6-17-7-5-10)16-13-3-2-11(15)8-12(13)14/h2-3,8-10,16H,4-7,15H2,1H3. The number of rotatable bonds is 3. The summed E-state index contributed by atoms with van der Waals surface area (Å²) >= 11 is 6.15. The Labute approximate surface area is 107 Å². The second kappa shape index (κ2) is 5.61. The van der Waals surface area contributed by atoms with Gasteiger partial charge in [-0.05, 0) is 43.9 Å². The summed E-state index contributed by atoms with van der Waals surface area (Å²) in [7, 11) is 0. The topological polar surface area (TPSA) is 47.3 Å². The zero-order chi connectivity index (χ0) is 12.3. The third-order valence-electron chi connectivity index (χ3n) is 3.35. The molecule has 0 aliphatic carbocycles. The predicted molar refractivity (Wildman–Crippen MR) is 72.5 cm³/mol. The van der Waals surface area contributed by atoms with Crippen LogP contribution in [0.5, 0.6) is 0 Å². The molecule has 1 heterocycles. The molecule has 1 fully saturated rings. The average molecular weight is 255 g/mol. The smallest absolute Gasteiger partial charge is 0.0658 e. The molecule has 4 heteroatoms. The van der Waals surface area contributed by atoms with Crippen LogP contribution < -0.4 is 11.1 Å². The fourth-order valence-electron chi connectivity index (χ4n) is 2.23. The zero-order valence-electron chi connectivity index (χ0n) is 10.1. The van der Waals surface area contributed by atoms with Gasteiger partial charge in [-0.1, -0.05) is 11.6 Å². The Morgan fingerprint density at radius 2 is 2.12 bits per heavy atom. The Morgan fingerprint density at radius 3 is 2.76 bits per heavy atom. The predicted octanol–water partition coefficient (Wildman–Crippen LogP) is 3.15. The van der Waals surface area contributed by atoms with Crippen molar-refractivity contribution in [3.63, 3.8) is 0 Å². The van der Waals surface area contributed by atoms with Crippen molar-refractivity contribution in [2.45, 2.75) is 25.8 Å². The highest BCUT2D eigenvalue weighted by molar-refractivity contribution is 6.33. The Morgan fingerprint density at radius 1 is 1.41 bits per heavy atom. The number of nitrogens with one attached hydrogen (secondary N) is 1. The summed E-state index contributed by atoms with van der Waals surface area (Å²) in [6.07, 6.45) is 2.22. The summed E-state index contributed by atoms with van der Waals surface area (Å²) in [6, 6.07) is 5.99. The lowest BCUT2D eigenvalue weighted by Gasteiger charge is -2.29. The van der Waals surface area contributed by atoms with Crippen LogP contribution >= 0.6 is 11.6 Å². The van der Waals surface area contributed by atoms with Gasteiger partial charge in [0, 0.05) is 24.9 Å². The van der Waals surface area contributed by atoms with Crippen LogP contribution in [0.25, 0.3) is 0 Å². The first kappa shape index (κ1) is 12.5. The molecule has 1 aromatic rings. The van der Waals surface area contributed by atoms with E-state index in [1.807, 2.05) is 12.1 Å². The second-order valence-corrected chi connectivity index (χ2v) is 5.03. The van der Waals surface area contributed by atoms with Gasteiger partial charge in [-0.2, -0.15) is 0 Å². The van der Waals surface area contributed by atoms with Crippen molar-refractivity contribution < 1.29 is 4.74 Å². The lowest BCUT2D eigenvalue weighted by molar-refractivity contribution is 0.0622. The number of hydrogen-bond acceptors (Lipinski definition) is 3. The number of hydrogen-bond donors (Lipinski definition) is 2. The van der Waals surface area contributed by atoms with Crippen LogP contribution in [0.3, 0.4) is 0 Å². The molecular formula is C13H19ClN2O. The second-order valence-electron chi connectivity index (χ2n) is 4.62. The minimum atomic E-state index is 0.403. The van der Waals surface area contributed by atoms with Crippen LogP contribution in [0.2, 0.25) is 5.02 Å². The molecule has 0 amide bonds. The van der Waals surface area contributed by atoms with Crippen molar-refractivity contribution >= 4 is 23.0 Å². The molecule has 2 rings (SSSR count). The van der Waals surface area contributed by atoms with Gasteiger partial charge in [0.15, 0.2) is 0 Å². The zero-order valence-corrected chi connectivity index (χ0v) is 10.8. The first-order chi connectivity index (χ1) is 8.16. The summed E-state index contributed by atoms with van der Waals surface area (Å²) in [5.41, 5.74) is 7.32. The third kappa shape index (κ3) is 3.27. The summed E-state index contributed by atoms with van der Waals surface area (Å²) in [4.78, 5) is 0. The largest absolute Gasteiger partial charge is 0.399 e. The number of anilines is 2. The maximum Gasteiger partial charge on any atom is 0.0658 e. The van der Waals surface area contributed by atoms with Crippen molar-refractivity contribution in [2.24, 2.45) is 5.92 Å². The van der Waals surface area contributed by atoms with Gasteiger partial charge in [0.25, 0.3) is 0 Å². The lowest BCUT2D eigenvalue weighted by Crippen LogP contribution is -2.31. The molecule has 1 aromatic carbocycles. The van der Waals surface area contributed by atoms with E-state index in [2.05, 4.69) is 12.2 Å². The van der Waals surface area contributed by atoms with Gasteiger partial charge in [-0.25, -0.2) is 0 Å². The molecule has 0 spiro atoms. The highest BCUT2D eigenvalue weighted by atomic mass is 35.5. The molecule has 3 N–H and O–H groups in total. The van der Waals surface area contributed by atoms with E-state index < -0.39 is 0 Å². The van der Waals surface area contributed by atoms with Crippen molar-refractivity contribution in [2.75, 3.05) is 24.3 Å². The summed E-state index contributed by atoms with van der Waals surface area (Å²) in [6.45, 7) is 3.93. The van der Waals surface area contributed by atoms with Gasteiger partial charge in [-0.15, -0.1) is 0 Å². The molecule has 1 aliphatic heterocycles. The molecule has 0 aromatic heterocycles. The SMILES string of the molecule is CC(Nc1ccc(N)cc1Cl)C1CCOCC1. The molecule has 0 radical (unpaired) electrons. The molecular weight excluding hydrogens is 236 g/mol. The molecule has 1 unspecified atom stereocenters. The molecule has 0 saturated carbocycles. The van der Waals surface area contributed by atoms with Crippen LogP contribution in [0.4, 0.5) is 11.4 Å². The summed E-state index contributed by atoms with van der Waals surface area (Å²) in [5.74, 6) is 0.650. The maximum atomic E-state index is 6.15. The number of benzene rings is 1. The number of nitrogen functional groups attached to an aromatic ring is 1. The van der Waals surface area contributed by atoms with Gasteiger partial charge >= 0.3 is 0 Å². The highest BCUT2D eigenvalue weighted by Crippen LogP contribution is 2.27. The van der Waals surface area contributed by atoms with Crippen LogP contribution in [-0.2, 0) is 4.74 Å². The van der Waals surface area contributed by atoms with Crippen molar-refractivity contribution in [1.82, 2.24) is 0 Å². The van der Waals surface area contributed by atoms with E-state index in [0.29, 0.717) is 22.7 Å². The normalized spacial score (nSPS) is 18.9. The summed E-state index contributed by atoms with van der Waals surface area (Å²) < 4.78 is 5.37. The van der Waals surface area contributed by atoms with E-state index in [1.165, 1.54) is 0 Å². The molecule has 1 aliphatic rings. The molecule has 3 nitrogen and oxygen atoms in total. The van der Waals surface area contributed by atoms with E-state index in [1.54, 1.807) is 6.07 Å². The molecule has 1 atom stereocenters. The van der Waals surface area contributed by atoms with E-state index in [-0.39, 0.29) is 0 Å². The van der Waals surface area contributed by atoms with Crippen molar-refractivity contribution in [3.8, 4) is 0 Å². The van der Waals surface area contributed by atoms with Gasteiger partial charge in [-0.3, -0.25) is 0 Å². The van der Waals surface area contributed by atoms with Crippen LogP contribution in [0.1, 0.15) is 19.8 Å². The fraction of sp³-hybridized carbons (Fsp3) is 0.538. The van der Waals surface area contributed by atoms with Gasteiger partial charge in [0.05, 0.1) is 10.7 Å². The van der Waals surface area contributed by atoms with Gasteiger partial charge in [0.1, 0.15) is 0 Å². The Hall–Kier alpha value is -0.930. The molecule has 0 bridgehead atoms. The monoisotopic (exact) mass is 254 g/mol. The molecule has 17 heavy (non-hydrogen) atoms. The number of ether oxygens (including phenoxy) is 1. The van der Waals surface area contributed by atoms with E-state index in [4.69, 9.17) is 22.1 Å². The van der Waals surface area contributed by atoms with E-state index in [9.17, 15) is 0 Å². The van der Waals surface area contributed by atoms with Crippen LogP contribution in [0, 0.1) is 5.92 Å².